The van der Waals surface area contributed by atoms with Gasteiger partial charge < -0.3 is 9.64 Å². The number of rotatable bonds is 5. The number of hydrogen-bond acceptors (Lipinski definition) is 3. The van der Waals surface area contributed by atoms with Gasteiger partial charge in [-0.2, -0.15) is 0 Å². The number of nitrogens with zero attached hydrogens (tertiary/aromatic N) is 1. The van der Waals surface area contributed by atoms with E-state index in [1.54, 1.807) is 6.92 Å². The van der Waals surface area contributed by atoms with Crippen molar-refractivity contribution in [3.05, 3.63) is 0 Å². The molecule has 0 radical (unpaired) electrons. The van der Waals surface area contributed by atoms with E-state index in [1.165, 1.54) is 0 Å². The molecule has 17 heavy (non-hydrogen) atoms. The van der Waals surface area contributed by atoms with Crippen molar-refractivity contribution in [1.29, 1.82) is 0 Å². The van der Waals surface area contributed by atoms with Crippen LogP contribution in [0.3, 0.4) is 0 Å². The van der Waals surface area contributed by atoms with Crippen LogP contribution in [0.2, 0.25) is 0 Å². The van der Waals surface area contributed by atoms with Crippen molar-refractivity contribution in [3.8, 4) is 0 Å². The van der Waals surface area contributed by atoms with E-state index in [4.69, 9.17) is 4.74 Å². The molecule has 1 saturated carbocycles. The standard InChI is InChI=1S/C13H23NO3/c1-6-17-13(16)11-7-10(11)12(15)14(8(2)3)9(4)5/h8-11H,6-7H2,1-5H3/t10-,11-/m1/s1. The third-order valence-corrected chi connectivity index (χ3v) is 3.06. The van der Waals surface area contributed by atoms with Gasteiger partial charge >= 0.3 is 5.97 Å². The highest BCUT2D eigenvalue weighted by molar-refractivity contribution is 5.90. The van der Waals surface area contributed by atoms with E-state index in [2.05, 4.69) is 0 Å². The third-order valence-electron chi connectivity index (χ3n) is 3.06. The number of carbonyl (C=O) groups excluding carboxylic acids is 2. The molecular formula is C13H23NO3. The number of ether oxygens (including phenoxy) is 1. The summed E-state index contributed by atoms with van der Waals surface area (Å²) in [5.41, 5.74) is 0. The van der Waals surface area contributed by atoms with Crippen molar-refractivity contribution in [3.63, 3.8) is 0 Å². The van der Waals surface area contributed by atoms with Gasteiger partial charge in [0.15, 0.2) is 0 Å². The molecule has 0 aromatic rings. The predicted molar refractivity (Wildman–Crippen MR) is 65.3 cm³/mol. The Morgan fingerprint density at radius 3 is 2.12 bits per heavy atom. The summed E-state index contributed by atoms with van der Waals surface area (Å²) in [6.45, 7) is 10.2. The number of amides is 1. The van der Waals surface area contributed by atoms with Gasteiger partial charge in [-0.3, -0.25) is 9.59 Å². The summed E-state index contributed by atoms with van der Waals surface area (Å²) < 4.78 is 4.94. The number of carbonyl (C=O) groups is 2. The average molecular weight is 241 g/mol. The second-order valence-electron chi connectivity index (χ2n) is 5.13. The highest BCUT2D eigenvalue weighted by Crippen LogP contribution is 2.41. The minimum Gasteiger partial charge on any atom is -0.466 e. The molecular weight excluding hydrogens is 218 g/mol. The maximum atomic E-state index is 12.2. The van der Waals surface area contributed by atoms with Crippen LogP contribution in [0.4, 0.5) is 0 Å². The van der Waals surface area contributed by atoms with Crippen LogP contribution in [-0.4, -0.2) is 35.5 Å². The molecule has 0 saturated heterocycles. The first-order valence-electron chi connectivity index (χ1n) is 6.38. The lowest BCUT2D eigenvalue weighted by atomic mass is 10.2. The summed E-state index contributed by atoms with van der Waals surface area (Å²) >= 11 is 0. The molecule has 2 atom stereocenters. The van der Waals surface area contributed by atoms with Crippen LogP contribution in [0.5, 0.6) is 0 Å². The van der Waals surface area contributed by atoms with E-state index in [0.717, 1.165) is 0 Å². The van der Waals surface area contributed by atoms with E-state index in [9.17, 15) is 9.59 Å². The summed E-state index contributed by atoms with van der Waals surface area (Å²) in [6.07, 6.45) is 0.646. The Kier molecular flexibility index (Phi) is 4.54. The topological polar surface area (TPSA) is 46.6 Å². The van der Waals surface area contributed by atoms with Crippen LogP contribution in [0.25, 0.3) is 0 Å². The molecule has 1 amide bonds. The van der Waals surface area contributed by atoms with Crippen LogP contribution >= 0.6 is 0 Å². The first-order valence-corrected chi connectivity index (χ1v) is 6.38. The van der Waals surface area contributed by atoms with Crippen LogP contribution < -0.4 is 0 Å². The lowest BCUT2D eigenvalue weighted by molar-refractivity contribution is -0.147. The number of esters is 1. The van der Waals surface area contributed by atoms with E-state index < -0.39 is 0 Å². The van der Waals surface area contributed by atoms with Crippen molar-refractivity contribution < 1.29 is 14.3 Å². The lowest BCUT2D eigenvalue weighted by Crippen LogP contribution is -2.43. The minimum absolute atomic E-state index is 0.0908. The molecule has 0 N–H and O–H groups in total. The van der Waals surface area contributed by atoms with Gasteiger partial charge in [0, 0.05) is 12.1 Å². The minimum atomic E-state index is -0.224. The monoisotopic (exact) mass is 241 g/mol. The van der Waals surface area contributed by atoms with E-state index in [-0.39, 0.29) is 35.8 Å². The highest BCUT2D eigenvalue weighted by atomic mass is 16.5. The smallest absolute Gasteiger partial charge is 0.309 e. The lowest BCUT2D eigenvalue weighted by Gasteiger charge is -2.31. The fourth-order valence-corrected chi connectivity index (χ4v) is 2.27. The van der Waals surface area contributed by atoms with Gasteiger partial charge in [0.1, 0.15) is 0 Å². The summed E-state index contributed by atoms with van der Waals surface area (Å²) in [6, 6.07) is 0.344. The zero-order chi connectivity index (χ0) is 13.2. The van der Waals surface area contributed by atoms with Crippen molar-refractivity contribution in [2.75, 3.05) is 6.61 Å². The molecule has 0 aliphatic heterocycles. The molecule has 1 rings (SSSR count). The molecule has 1 aliphatic carbocycles. The molecule has 0 spiro atoms. The van der Waals surface area contributed by atoms with Gasteiger partial charge in [-0.1, -0.05) is 0 Å². The summed E-state index contributed by atoms with van der Waals surface area (Å²) in [4.78, 5) is 25.6. The SMILES string of the molecule is CCOC(=O)[C@@H]1C[C@H]1C(=O)N(C(C)C)C(C)C. The average Bonchev–Trinajstić information content (AvgIpc) is 2.95. The molecule has 0 heterocycles. The maximum Gasteiger partial charge on any atom is 0.309 e. The Hall–Kier alpha value is -1.06. The maximum absolute atomic E-state index is 12.2. The third kappa shape index (κ3) is 3.20. The molecule has 98 valence electrons. The van der Waals surface area contributed by atoms with Gasteiger partial charge in [-0.15, -0.1) is 0 Å². The van der Waals surface area contributed by atoms with Gasteiger partial charge in [0.05, 0.1) is 18.4 Å². The van der Waals surface area contributed by atoms with Gasteiger partial charge in [-0.25, -0.2) is 0 Å². The van der Waals surface area contributed by atoms with Gasteiger partial charge in [-0.05, 0) is 41.0 Å². The normalized spacial score (nSPS) is 22.8. The number of hydrogen-bond donors (Lipinski definition) is 0. The Morgan fingerprint density at radius 1 is 1.18 bits per heavy atom. The van der Waals surface area contributed by atoms with Gasteiger partial charge in [0.2, 0.25) is 5.91 Å². The molecule has 4 nitrogen and oxygen atoms in total. The first kappa shape index (κ1) is 14.0. The zero-order valence-electron chi connectivity index (χ0n) is 11.4. The molecule has 0 aromatic heterocycles. The molecule has 0 bridgehead atoms. The predicted octanol–water partition coefficient (Wildman–Crippen LogP) is 1.83. The Balaban J connectivity index is 2.58. The molecule has 4 heteroatoms. The van der Waals surface area contributed by atoms with E-state index in [1.807, 2.05) is 32.6 Å². The van der Waals surface area contributed by atoms with Crippen molar-refractivity contribution >= 4 is 11.9 Å². The quantitative estimate of drug-likeness (QED) is 0.690. The Bertz CT molecular complexity index is 291. The second-order valence-corrected chi connectivity index (χ2v) is 5.13. The van der Waals surface area contributed by atoms with Crippen molar-refractivity contribution in [2.45, 2.75) is 53.1 Å². The van der Waals surface area contributed by atoms with E-state index in [0.29, 0.717) is 13.0 Å². The van der Waals surface area contributed by atoms with Crippen LogP contribution in [0.15, 0.2) is 0 Å². The van der Waals surface area contributed by atoms with Crippen molar-refractivity contribution in [1.82, 2.24) is 4.90 Å². The molecule has 0 unspecified atom stereocenters. The van der Waals surface area contributed by atoms with Gasteiger partial charge in [0.25, 0.3) is 0 Å². The fraction of sp³-hybridized carbons (Fsp3) is 0.846. The molecule has 0 aromatic carbocycles. The summed E-state index contributed by atoms with van der Waals surface area (Å²) in [7, 11) is 0. The van der Waals surface area contributed by atoms with Crippen LogP contribution in [-0.2, 0) is 14.3 Å². The second kappa shape index (κ2) is 5.52. The Labute approximate surface area is 103 Å². The fourth-order valence-electron chi connectivity index (χ4n) is 2.27. The van der Waals surface area contributed by atoms with E-state index >= 15 is 0 Å². The Morgan fingerprint density at radius 2 is 1.71 bits per heavy atom. The highest BCUT2D eigenvalue weighted by Gasteiger charge is 2.51. The summed E-state index contributed by atoms with van der Waals surface area (Å²) in [5, 5.41) is 0. The van der Waals surface area contributed by atoms with Crippen LogP contribution in [0.1, 0.15) is 41.0 Å². The molecule has 1 fully saturated rings. The summed E-state index contributed by atoms with van der Waals surface area (Å²) in [5.74, 6) is -0.493. The molecule has 1 aliphatic rings. The first-order chi connectivity index (χ1) is 7.90. The van der Waals surface area contributed by atoms with Crippen LogP contribution in [0, 0.1) is 11.8 Å². The largest absolute Gasteiger partial charge is 0.466 e. The van der Waals surface area contributed by atoms with Crippen molar-refractivity contribution in [2.24, 2.45) is 11.8 Å². The zero-order valence-corrected chi connectivity index (χ0v) is 11.4.